The second kappa shape index (κ2) is 4.88. The molecule has 1 saturated carbocycles. The van der Waals surface area contributed by atoms with Gasteiger partial charge in [0.05, 0.1) is 6.61 Å². The first-order chi connectivity index (χ1) is 9.64. The van der Waals surface area contributed by atoms with Crippen molar-refractivity contribution in [2.75, 3.05) is 6.61 Å². The molecule has 0 N–H and O–H groups in total. The van der Waals surface area contributed by atoms with Crippen LogP contribution in [-0.2, 0) is 19.9 Å². The number of hydrogen-bond donors (Lipinski definition) is 0. The Bertz CT molecular complexity index is 507. The Kier molecular flexibility index (Phi) is 3.33. The summed E-state index contributed by atoms with van der Waals surface area (Å²) in [5.41, 5.74) is 1.18. The fourth-order valence-corrected chi connectivity index (χ4v) is 3.52. The maximum Gasteiger partial charge on any atom is 0.341 e. The molecule has 1 heterocycles. The van der Waals surface area contributed by atoms with E-state index in [1.165, 1.54) is 5.56 Å². The molecule has 20 heavy (non-hydrogen) atoms. The average molecular weight is 274 g/mol. The van der Waals surface area contributed by atoms with Crippen molar-refractivity contribution in [3.05, 3.63) is 35.4 Å². The van der Waals surface area contributed by atoms with Crippen molar-refractivity contribution in [1.29, 1.82) is 0 Å². The summed E-state index contributed by atoms with van der Waals surface area (Å²) in [7, 11) is 0. The van der Waals surface area contributed by atoms with E-state index in [1.54, 1.807) is 0 Å². The van der Waals surface area contributed by atoms with Crippen molar-refractivity contribution in [3.8, 4) is 0 Å². The summed E-state index contributed by atoms with van der Waals surface area (Å²) in [5, 5.41) is 0. The van der Waals surface area contributed by atoms with Crippen molar-refractivity contribution in [1.82, 2.24) is 0 Å². The molecule has 2 aliphatic rings. The van der Waals surface area contributed by atoms with Gasteiger partial charge in [0.1, 0.15) is 5.60 Å². The SMILES string of the molecule is CCOC(=O)C12CCCCCC1(c1ccc(C)cc1)O2. The third-order valence-corrected chi connectivity index (χ3v) is 4.64. The molecule has 3 heteroatoms. The standard InChI is InChI=1S/C17H22O3/c1-3-19-15(18)17-12-6-4-5-11-16(17,20-17)14-9-7-13(2)8-10-14/h7-10H,3-6,11-12H2,1-2H3. The van der Waals surface area contributed by atoms with E-state index in [-0.39, 0.29) is 5.97 Å². The molecule has 1 aliphatic carbocycles. The van der Waals surface area contributed by atoms with Crippen molar-refractivity contribution < 1.29 is 14.3 Å². The van der Waals surface area contributed by atoms with Crippen molar-refractivity contribution in [3.63, 3.8) is 0 Å². The largest absolute Gasteiger partial charge is 0.464 e. The van der Waals surface area contributed by atoms with Crippen LogP contribution in [0, 0.1) is 6.92 Å². The Morgan fingerprint density at radius 3 is 2.60 bits per heavy atom. The fourth-order valence-electron chi connectivity index (χ4n) is 3.52. The van der Waals surface area contributed by atoms with Crippen LogP contribution in [0.2, 0.25) is 0 Å². The Morgan fingerprint density at radius 1 is 1.20 bits per heavy atom. The van der Waals surface area contributed by atoms with Gasteiger partial charge in [0.25, 0.3) is 0 Å². The first-order valence-electron chi connectivity index (χ1n) is 7.59. The molecule has 2 atom stereocenters. The van der Waals surface area contributed by atoms with Crippen LogP contribution in [0.5, 0.6) is 0 Å². The van der Waals surface area contributed by atoms with Crippen LogP contribution in [0.3, 0.4) is 0 Å². The van der Waals surface area contributed by atoms with Crippen LogP contribution in [0.25, 0.3) is 0 Å². The number of hydrogen-bond acceptors (Lipinski definition) is 3. The lowest BCUT2D eigenvalue weighted by molar-refractivity contribution is -0.149. The highest BCUT2D eigenvalue weighted by Crippen LogP contribution is 2.63. The van der Waals surface area contributed by atoms with Crippen LogP contribution >= 0.6 is 0 Å². The second-order valence-electron chi connectivity index (χ2n) is 5.90. The average Bonchev–Trinajstić information content (AvgIpc) is 3.11. The van der Waals surface area contributed by atoms with Crippen LogP contribution in [-0.4, -0.2) is 18.2 Å². The summed E-state index contributed by atoms with van der Waals surface area (Å²) in [5.74, 6) is -0.178. The van der Waals surface area contributed by atoms with E-state index >= 15 is 0 Å². The predicted octanol–water partition coefficient (Wildman–Crippen LogP) is 3.49. The number of fused-ring (bicyclic) bond motifs is 1. The van der Waals surface area contributed by atoms with Gasteiger partial charge < -0.3 is 9.47 Å². The van der Waals surface area contributed by atoms with Gasteiger partial charge in [-0.15, -0.1) is 0 Å². The molecule has 0 spiro atoms. The maximum atomic E-state index is 12.4. The number of carbonyl (C=O) groups excluding carboxylic acids is 1. The van der Waals surface area contributed by atoms with Gasteiger partial charge in [-0.1, -0.05) is 42.7 Å². The third-order valence-electron chi connectivity index (χ3n) is 4.64. The molecular weight excluding hydrogens is 252 g/mol. The lowest BCUT2D eigenvalue weighted by Gasteiger charge is -2.17. The zero-order valence-electron chi connectivity index (χ0n) is 12.3. The quantitative estimate of drug-likeness (QED) is 0.625. The van der Waals surface area contributed by atoms with Gasteiger partial charge in [0.2, 0.25) is 0 Å². The minimum Gasteiger partial charge on any atom is -0.464 e. The summed E-state index contributed by atoms with van der Waals surface area (Å²) in [6.07, 6.45) is 4.99. The van der Waals surface area contributed by atoms with Crippen LogP contribution < -0.4 is 0 Å². The molecule has 2 unspecified atom stereocenters. The Balaban J connectivity index is 1.97. The summed E-state index contributed by atoms with van der Waals surface area (Å²) in [4.78, 5) is 12.4. The predicted molar refractivity (Wildman–Crippen MR) is 76.4 cm³/mol. The van der Waals surface area contributed by atoms with Gasteiger partial charge in [-0.25, -0.2) is 4.79 Å². The number of epoxide rings is 1. The summed E-state index contributed by atoms with van der Waals surface area (Å²) in [6.45, 7) is 4.33. The number of carbonyl (C=O) groups is 1. The molecule has 1 saturated heterocycles. The molecule has 0 bridgehead atoms. The molecule has 1 aromatic carbocycles. The molecule has 1 aliphatic heterocycles. The van der Waals surface area contributed by atoms with Gasteiger partial charge in [-0.05, 0) is 38.7 Å². The number of rotatable bonds is 3. The highest BCUT2D eigenvalue weighted by molar-refractivity contribution is 5.85. The lowest BCUT2D eigenvalue weighted by Crippen LogP contribution is -2.34. The van der Waals surface area contributed by atoms with Crippen molar-refractivity contribution in [2.24, 2.45) is 0 Å². The van der Waals surface area contributed by atoms with E-state index in [0.717, 1.165) is 37.7 Å². The van der Waals surface area contributed by atoms with Crippen molar-refractivity contribution in [2.45, 2.75) is 57.2 Å². The molecule has 0 radical (unpaired) electrons. The minimum absolute atomic E-state index is 0.178. The summed E-state index contributed by atoms with van der Waals surface area (Å²) < 4.78 is 11.4. The van der Waals surface area contributed by atoms with Gasteiger partial charge in [-0.2, -0.15) is 0 Å². The molecule has 108 valence electrons. The number of ether oxygens (including phenoxy) is 2. The molecule has 3 rings (SSSR count). The van der Waals surface area contributed by atoms with E-state index in [9.17, 15) is 4.79 Å². The van der Waals surface area contributed by atoms with Gasteiger partial charge in [-0.3, -0.25) is 0 Å². The topological polar surface area (TPSA) is 38.8 Å². The van der Waals surface area contributed by atoms with E-state index in [1.807, 2.05) is 6.92 Å². The van der Waals surface area contributed by atoms with Gasteiger partial charge in [0, 0.05) is 0 Å². The summed E-state index contributed by atoms with van der Waals surface area (Å²) in [6, 6.07) is 8.38. The second-order valence-corrected chi connectivity index (χ2v) is 5.90. The number of benzene rings is 1. The molecule has 3 nitrogen and oxygen atoms in total. The van der Waals surface area contributed by atoms with E-state index < -0.39 is 11.2 Å². The van der Waals surface area contributed by atoms with E-state index in [0.29, 0.717) is 6.61 Å². The monoisotopic (exact) mass is 274 g/mol. The first-order valence-corrected chi connectivity index (χ1v) is 7.59. The highest BCUT2D eigenvalue weighted by atomic mass is 16.7. The lowest BCUT2D eigenvalue weighted by atomic mass is 9.82. The first kappa shape index (κ1) is 13.6. The smallest absolute Gasteiger partial charge is 0.341 e. The van der Waals surface area contributed by atoms with Crippen LogP contribution in [0.4, 0.5) is 0 Å². The Labute approximate surface area is 120 Å². The Morgan fingerprint density at radius 2 is 1.90 bits per heavy atom. The van der Waals surface area contributed by atoms with E-state index in [4.69, 9.17) is 9.47 Å². The fraction of sp³-hybridized carbons (Fsp3) is 0.588. The Hall–Kier alpha value is -1.35. The van der Waals surface area contributed by atoms with Crippen LogP contribution in [0.15, 0.2) is 24.3 Å². The molecule has 1 aromatic rings. The molecule has 2 fully saturated rings. The zero-order valence-corrected chi connectivity index (χ0v) is 12.3. The molecular formula is C17H22O3. The van der Waals surface area contributed by atoms with Gasteiger partial charge in [0.15, 0.2) is 5.60 Å². The number of aryl methyl sites for hydroxylation is 1. The molecule has 0 amide bonds. The normalized spacial score (nSPS) is 32.1. The van der Waals surface area contributed by atoms with Crippen LogP contribution in [0.1, 0.15) is 50.2 Å². The van der Waals surface area contributed by atoms with Crippen molar-refractivity contribution >= 4 is 5.97 Å². The summed E-state index contributed by atoms with van der Waals surface area (Å²) >= 11 is 0. The molecule has 0 aromatic heterocycles. The van der Waals surface area contributed by atoms with Gasteiger partial charge >= 0.3 is 5.97 Å². The maximum absolute atomic E-state index is 12.4. The van der Waals surface area contributed by atoms with E-state index in [2.05, 4.69) is 31.2 Å². The zero-order chi connectivity index (χ0) is 14.2. The highest BCUT2D eigenvalue weighted by Gasteiger charge is 2.75. The number of esters is 1. The minimum atomic E-state index is -0.727. The third kappa shape index (κ3) is 1.87.